The van der Waals surface area contributed by atoms with E-state index in [9.17, 15) is 0 Å². The van der Waals surface area contributed by atoms with Crippen LogP contribution in [0.5, 0.6) is 11.5 Å². The monoisotopic (exact) mass is 264 g/mol. The molecule has 0 amide bonds. The predicted molar refractivity (Wildman–Crippen MR) is 78.3 cm³/mol. The van der Waals surface area contributed by atoms with Gasteiger partial charge in [0, 0.05) is 30.4 Å². The Morgan fingerprint density at radius 3 is 2.74 bits per heavy atom. The molecule has 2 unspecified atom stereocenters. The van der Waals surface area contributed by atoms with E-state index in [-0.39, 0.29) is 0 Å². The van der Waals surface area contributed by atoms with Gasteiger partial charge >= 0.3 is 0 Å². The van der Waals surface area contributed by atoms with Crippen LogP contribution in [-0.2, 0) is 0 Å². The van der Waals surface area contributed by atoms with Gasteiger partial charge < -0.3 is 19.7 Å². The van der Waals surface area contributed by atoms with Gasteiger partial charge in [-0.2, -0.15) is 0 Å². The number of nitrogens with one attached hydrogen (secondary N) is 1. The minimum Gasteiger partial charge on any atom is -0.493 e. The van der Waals surface area contributed by atoms with Gasteiger partial charge in [-0.15, -0.1) is 0 Å². The lowest BCUT2D eigenvalue weighted by Gasteiger charge is -2.16. The van der Waals surface area contributed by atoms with Gasteiger partial charge in [-0.1, -0.05) is 0 Å². The summed E-state index contributed by atoms with van der Waals surface area (Å²) in [6.45, 7) is 5.96. The van der Waals surface area contributed by atoms with Crippen LogP contribution < -0.4 is 14.8 Å². The molecule has 106 valence electrons. The summed E-state index contributed by atoms with van der Waals surface area (Å²) in [6, 6.07) is 7.17. The number of likely N-dealkylation sites (tertiary alicyclic amines) is 1. The molecule has 1 saturated heterocycles. The minimum absolute atomic E-state index is 0.502. The van der Waals surface area contributed by atoms with E-state index in [2.05, 4.69) is 30.3 Å². The van der Waals surface area contributed by atoms with Crippen LogP contribution in [0.3, 0.4) is 0 Å². The molecule has 1 aliphatic rings. The first-order valence-corrected chi connectivity index (χ1v) is 6.91. The fraction of sp³-hybridized carbons (Fsp3) is 0.600. The van der Waals surface area contributed by atoms with Gasteiger partial charge in [0.05, 0.1) is 13.7 Å². The molecule has 1 aromatic carbocycles. The maximum Gasteiger partial charge on any atom is 0.162 e. The van der Waals surface area contributed by atoms with E-state index in [0.29, 0.717) is 18.7 Å². The number of hydrogen-bond acceptors (Lipinski definition) is 4. The van der Waals surface area contributed by atoms with E-state index in [1.165, 1.54) is 6.42 Å². The highest BCUT2D eigenvalue weighted by Gasteiger charge is 2.25. The summed E-state index contributed by atoms with van der Waals surface area (Å²) in [6.07, 6.45) is 1.17. The molecule has 4 nitrogen and oxygen atoms in total. The van der Waals surface area contributed by atoms with Crippen LogP contribution >= 0.6 is 0 Å². The number of rotatable bonds is 5. The Morgan fingerprint density at radius 1 is 1.37 bits per heavy atom. The van der Waals surface area contributed by atoms with Crippen molar-refractivity contribution in [1.82, 2.24) is 4.90 Å². The number of benzene rings is 1. The Bertz CT molecular complexity index is 413. The molecule has 1 N–H and O–H groups in total. The minimum atomic E-state index is 0.502. The van der Waals surface area contributed by atoms with Crippen molar-refractivity contribution in [2.24, 2.45) is 0 Å². The number of nitrogens with zero attached hydrogens (tertiary/aromatic N) is 1. The first-order chi connectivity index (χ1) is 9.13. The van der Waals surface area contributed by atoms with E-state index in [1.807, 2.05) is 19.1 Å². The zero-order valence-electron chi connectivity index (χ0n) is 12.3. The molecule has 0 aromatic heterocycles. The van der Waals surface area contributed by atoms with Crippen LogP contribution in [0.4, 0.5) is 5.69 Å². The van der Waals surface area contributed by atoms with Crippen molar-refractivity contribution >= 4 is 5.69 Å². The highest BCUT2D eigenvalue weighted by molar-refractivity contribution is 5.55. The predicted octanol–water partition coefficient (Wildman–Crippen LogP) is 2.60. The third-order valence-electron chi connectivity index (χ3n) is 3.72. The van der Waals surface area contributed by atoms with Crippen molar-refractivity contribution in [3.8, 4) is 11.5 Å². The van der Waals surface area contributed by atoms with Crippen molar-refractivity contribution in [3.05, 3.63) is 18.2 Å². The van der Waals surface area contributed by atoms with E-state index < -0.39 is 0 Å². The molecular formula is C15H24N2O2. The van der Waals surface area contributed by atoms with Crippen molar-refractivity contribution in [2.45, 2.75) is 32.4 Å². The third kappa shape index (κ3) is 3.32. The lowest BCUT2D eigenvalue weighted by Crippen LogP contribution is -2.24. The Labute approximate surface area is 115 Å². The maximum atomic E-state index is 5.53. The van der Waals surface area contributed by atoms with Crippen molar-refractivity contribution in [1.29, 1.82) is 0 Å². The molecule has 1 aromatic rings. The highest BCUT2D eigenvalue weighted by Crippen LogP contribution is 2.31. The van der Waals surface area contributed by atoms with E-state index in [1.54, 1.807) is 7.11 Å². The van der Waals surface area contributed by atoms with Crippen LogP contribution in [0, 0.1) is 0 Å². The summed E-state index contributed by atoms with van der Waals surface area (Å²) in [4.78, 5) is 2.38. The van der Waals surface area contributed by atoms with Gasteiger partial charge in [0.2, 0.25) is 0 Å². The Kier molecular flexibility index (Phi) is 4.53. The average molecular weight is 264 g/mol. The first-order valence-electron chi connectivity index (χ1n) is 6.91. The molecule has 2 rings (SSSR count). The maximum absolute atomic E-state index is 5.53. The lowest BCUT2D eigenvalue weighted by atomic mass is 10.2. The quantitative estimate of drug-likeness (QED) is 0.886. The number of ether oxygens (including phenoxy) is 2. The Hall–Kier alpha value is -1.42. The van der Waals surface area contributed by atoms with Gasteiger partial charge in [-0.25, -0.2) is 0 Å². The van der Waals surface area contributed by atoms with Crippen LogP contribution in [-0.4, -0.2) is 44.3 Å². The third-order valence-corrected chi connectivity index (χ3v) is 3.72. The Morgan fingerprint density at radius 2 is 2.16 bits per heavy atom. The van der Waals surface area contributed by atoms with E-state index in [4.69, 9.17) is 9.47 Å². The molecule has 0 saturated carbocycles. The van der Waals surface area contributed by atoms with Gasteiger partial charge in [-0.3, -0.25) is 0 Å². The van der Waals surface area contributed by atoms with Crippen molar-refractivity contribution < 1.29 is 9.47 Å². The standard InChI is InChI=1S/C15H24N2O2/c1-5-19-14-7-6-12(9-15(14)18-4)16-13-8-11(2)17(3)10-13/h6-7,9,11,13,16H,5,8,10H2,1-4H3. The molecule has 19 heavy (non-hydrogen) atoms. The van der Waals surface area contributed by atoms with Crippen molar-refractivity contribution in [2.75, 3.05) is 32.6 Å². The summed E-state index contributed by atoms with van der Waals surface area (Å²) in [5.74, 6) is 1.58. The van der Waals surface area contributed by atoms with Crippen LogP contribution in [0.1, 0.15) is 20.3 Å². The highest BCUT2D eigenvalue weighted by atomic mass is 16.5. The summed E-state index contributed by atoms with van der Waals surface area (Å²) < 4.78 is 10.9. The number of methoxy groups -OCH3 is 1. The molecule has 0 spiro atoms. The average Bonchev–Trinajstić information content (AvgIpc) is 2.70. The number of anilines is 1. The summed E-state index contributed by atoms with van der Waals surface area (Å²) in [5, 5.41) is 3.57. The fourth-order valence-corrected chi connectivity index (χ4v) is 2.57. The molecule has 0 radical (unpaired) electrons. The molecule has 0 bridgehead atoms. The van der Waals surface area contributed by atoms with Gasteiger partial charge in [0.15, 0.2) is 11.5 Å². The fourth-order valence-electron chi connectivity index (χ4n) is 2.57. The smallest absolute Gasteiger partial charge is 0.162 e. The number of hydrogen-bond donors (Lipinski definition) is 1. The van der Waals surface area contributed by atoms with Crippen molar-refractivity contribution in [3.63, 3.8) is 0 Å². The van der Waals surface area contributed by atoms with Crippen LogP contribution in [0.2, 0.25) is 0 Å². The molecule has 1 aliphatic heterocycles. The summed E-state index contributed by atoms with van der Waals surface area (Å²) in [5.41, 5.74) is 1.09. The second kappa shape index (κ2) is 6.15. The summed E-state index contributed by atoms with van der Waals surface area (Å²) in [7, 11) is 3.85. The zero-order chi connectivity index (χ0) is 13.8. The molecule has 2 atom stereocenters. The molecule has 0 aliphatic carbocycles. The molecule has 1 heterocycles. The largest absolute Gasteiger partial charge is 0.493 e. The lowest BCUT2D eigenvalue weighted by molar-refractivity contribution is 0.311. The van der Waals surface area contributed by atoms with Gasteiger partial charge in [-0.05, 0) is 39.4 Å². The summed E-state index contributed by atoms with van der Waals surface area (Å²) >= 11 is 0. The topological polar surface area (TPSA) is 33.7 Å². The molecular weight excluding hydrogens is 240 g/mol. The van der Waals surface area contributed by atoms with E-state index >= 15 is 0 Å². The second-order valence-corrected chi connectivity index (χ2v) is 5.16. The van der Waals surface area contributed by atoms with E-state index in [0.717, 1.165) is 23.7 Å². The first kappa shape index (κ1) is 14.0. The second-order valence-electron chi connectivity index (χ2n) is 5.16. The zero-order valence-corrected chi connectivity index (χ0v) is 12.3. The number of likely N-dealkylation sites (N-methyl/N-ethyl adjacent to an activating group) is 1. The normalized spacial score (nSPS) is 23.4. The SMILES string of the molecule is CCOc1ccc(NC2CC(C)N(C)C2)cc1OC. The van der Waals surface area contributed by atoms with Gasteiger partial charge in [0.25, 0.3) is 0 Å². The van der Waals surface area contributed by atoms with Crippen LogP contribution in [0.15, 0.2) is 18.2 Å². The molecule has 4 heteroatoms. The molecule has 1 fully saturated rings. The Balaban J connectivity index is 2.05. The van der Waals surface area contributed by atoms with Crippen LogP contribution in [0.25, 0.3) is 0 Å². The van der Waals surface area contributed by atoms with Gasteiger partial charge in [0.1, 0.15) is 0 Å².